The van der Waals surface area contributed by atoms with E-state index in [4.69, 9.17) is 17.2 Å². The molecule has 0 fully saturated rings. The number of hydrogen-bond donors (Lipinski definition) is 3. The van der Waals surface area contributed by atoms with Crippen LogP contribution in [0.4, 0.5) is 0 Å². The lowest BCUT2D eigenvalue weighted by molar-refractivity contribution is 0.297. The first-order chi connectivity index (χ1) is 4.85. The smallest absolute Gasteiger partial charge is 0.0106 e. The first-order valence-electron chi connectivity index (χ1n) is 3.67. The Balaban J connectivity index is 0. The van der Waals surface area contributed by atoms with Crippen LogP contribution in [-0.4, -0.2) is 49.6 Å². The summed E-state index contributed by atoms with van der Waals surface area (Å²) in [7, 11) is 0. The highest BCUT2D eigenvalue weighted by atomic mass is 16.0. The van der Waals surface area contributed by atoms with E-state index in [9.17, 15) is 0 Å². The maximum Gasteiger partial charge on any atom is 0.0106 e. The Morgan fingerprint density at radius 1 is 0.727 bits per heavy atom. The third kappa shape index (κ3) is 7.70. The maximum absolute atomic E-state index is 5.37. The maximum atomic E-state index is 5.37. The fraction of sp³-hybridized carbons (Fsp3) is 1.00. The van der Waals surface area contributed by atoms with Crippen LogP contribution >= 0.6 is 0 Å². The van der Waals surface area contributed by atoms with E-state index >= 15 is 0 Å². The third-order valence-electron chi connectivity index (χ3n) is 1.34. The minimum atomic E-state index is 0. The van der Waals surface area contributed by atoms with Gasteiger partial charge >= 0.3 is 0 Å². The van der Waals surface area contributed by atoms with E-state index in [1.54, 1.807) is 0 Å². The van der Waals surface area contributed by atoms with E-state index in [1.165, 1.54) is 0 Å². The van der Waals surface area contributed by atoms with Crippen molar-refractivity contribution in [1.82, 2.24) is 4.90 Å². The molecule has 0 atom stereocenters. The second kappa shape index (κ2) is 9.80. The van der Waals surface area contributed by atoms with Crippen LogP contribution < -0.4 is 17.2 Å². The van der Waals surface area contributed by atoms with Crippen LogP contribution in [0, 0.1) is 0 Å². The zero-order valence-corrected chi connectivity index (χ0v) is 6.92. The van der Waals surface area contributed by atoms with Gasteiger partial charge in [0.2, 0.25) is 0 Å². The largest absolute Gasteiger partial charge is 0.412 e. The monoisotopic (exact) mass is 164 g/mol. The molecule has 0 heterocycles. The Labute approximate surface area is 67.8 Å². The molecule has 0 amide bonds. The van der Waals surface area contributed by atoms with Crippen molar-refractivity contribution in [3.05, 3.63) is 0 Å². The van der Waals surface area contributed by atoms with E-state index in [-0.39, 0.29) is 5.48 Å². The summed E-state index contributed by atoms with van der Waals surface area (Å²) >= 11 is 0. The van der Waals surface area contributed by atoms with E-state index in [0.717, 1.165) is 19.6 Å². The Morgan fingerprint density at radius 3 is 1.18 bits per heavy atom. The normalized spacial score (nSPS) is 9.82. The summed E-state index contributed by atoms with van der Waals surface area (Å²) in [4.78, 5) is 2.17. The molecule has 5 nitrogen and oxygen atoms in total. The second-order valence-corrected chi connectivity index (χ2v) is 2.21. The van der Waals surface area contributed by atoms with Crippen molar-refractivity contribution in [2.45, 2.75) is 0 Å². The number of hydrogen-bond acceptors (Lipinski definition) is 4. The molecule has 0 spiro atoms. The van der Waals surface area contributed by atoms with Gasteiger partial charge in [-0.1, -0.05) is 0 Å². The molecule has 8 N–H and O–H groups in total. The molecule has 0 saturated carbocycles. The SMILES string of the molecule is NCCN(CCN)CCN.O. The van der Waals surface area contributed by atoms with E-state index in [0.29, 0.717) is 19.6 Å². The lowest BCUT2D eigenvalue weighted by Gasteiger charge is -2.18. The highest BCUT2D eigenvalue weighted by Crippen LogP contribution is 1.81. The number of rotatable bonds is 6. The van der Waals surface area contributed by atoms with E-state index < -0.39 is 0 Å². The highest BCUT2D eigenvalue weighted by Gasteiger charge is 1.98. The zero-order valence-electron chi connectivity index (χ0n) is 6.92. The van der Waals surface area contributed by atoms with Crippen LogP contribution in [0.5, 0.6) is 0 Å². The average Bonchev–Trinajstić information content (AvgIpc) is 1.90. The quantitative estimate of drug-likeness (QED) is 0.397. The van der Waals surface area contributed by atoms with Crippen molar-refractivity contribution in [1.29, 1.82) is 0 Å². The van der Waals surface area contributed by atoms with Crippen LogP contribution in [0.2, 0.25) is 0 Å². The van der Waals surface area contributed by atoms with Gasteiger partial charge in [0.25, 0.3) is 0 Å². The third-order valence-corrected chi connectivity index (χ3v) is 1.34. The summed E-state index contributed by atoms with van der Waals surface area (Å²) < 4.78 is 0. The molecular weight excluding hydrogens is 144 g/mol. The molecule has 11 heavy (non-hydrogen) atoms. The lowest BCUT2D eigenvalue weighted by atomic mass is 10.4. The van der Waals surface area contributed by atoms with Crippen LogP contribution in [-0.2, 0) is 0 Å². The lowest BCUT2D eigenvalue weighted by Crippen LogP contribution is -2.37. The zero-order chi connectivity index (χ0) is 7.82. The molecule has 0 aliphatic carbocycles. The van der Waals surface area contributed by atoms with Crippen molar-refractivity contribution in [2.24, 2.45) is 17.2 Å². The van der Waals surface area contributed by atoms with E-state index in [2.05, 4.69) is 4.90 Å². The number of nitrogens with zero attached hydrogens (tertiary/aromatic N) is 1. The fourth-order valence-electron chi connectivity index (χ4n) is 0.883. The molecule has 0 aromatic rings. The van der Waals surface area contributed by atoms with Crippen LogP contribution in [0.25, 0.3) is 0 Å². The summed E-state index contributed by atoms with van der Waals surface area (Å²) in [5.74, 6) is 0. The van der Waals surface area contributed by atoms with Gasteiger partial charge in [0.1, 0.15) is 0 Å². The average molecular weight is 164 g/mol. The van der Waals surface area contributed by atoms with Crippen molar-refractivity contribution < 1.29 is 5.48 Å². The molecule has 70 valence electrons. The summed E-state index contributed by atoms with van der Waals surface area (Å²) in [6, 6.07) is 0. The van der Waals surface area contributed by atoms with E-state index in [1.807, 2.05) is 0 Å². The molecule has 0 aliphatic rings. The molecule has 0 saturated heterocycles. The first-order valence-corrected chi connectivity index (χ1v) is 3.67. The molecule has 0 bridgehead atoms. The van der Waals surface area contributed by atoms with Crippen molar-refractivity contribution in [3.8, 4) is 0 Å². The fourth-order valence-corrected chi connectivity index (χ4v) is 0.883. The van der Waals surface area contributed by atoms with Crippen LogP contribution in [0.1, 0.15) is 0 Å². The second-order valence-electron chi connectivity index (χ2n) is 2.21. The van der Waals surface area contributed by atoms with Gasteiger partial charge in [0, 0.05) is 39.3 Å². The predicted molar refractivity (Wildman–Crippen MR) is 47.2 cm³/mol. The minimum Gasteiger partial charge on any atom is -0.412 e. The van der Waals surface area contributed by atoms with Gasteiger partial charge < -0.3 is 22.7 Å². The summed E-state index contributed by atoms with van der Waals surface area (Å²) in [6.07, 6.45) is 0. The molecule has 0 radical (unpaired) electrons. The Kier molecular flexibility index (Phi) is 11.9. The standard InChI is InChI=1S/C6H18N4.H2O/c7-1-4-10(5-2-8)6-3-9;/h1-9H2;1H2. The van der Waals surface area contributed by atoms with Crippen molar-refractivity contribution in [2.75, 3.05) is 39.3 Å². The molecule has 5 heteroatoms. The summed E-state index contributed by atoms with van der Waals surface area (Å²) in [5.41, 5.74) is 16.1. The molecule has 0 rings (SSSR count). The van der Waals surface area contributed by atoms with Crippen LogP contribution in [0.15, 0.2) is 0 Å². The van der Waals surface area contributed by atoms with Gasteiger partial charge in [0.05, 0.1) is 0 Å². The molecule has 0 unspecified atom stereocenters. The van der Waals surface area contributed by atoms with Gasteiger partial charge in [-0.3, -0.25) is 4.90 Å². The van der Waals surface area contributed by atoms with Gasteiger partial charge in [0.15, 0.2) is 0 Å². The summed E-state index contributed by atoms with van der Waals surface area (Å²) in [5, 5.41) is 0. The summed E-state index contributed by atoms with van der Waals surface area (Å²) in [6.45, 7) is 4.73. The Hall–Kier alpha value is -0.200. The Morgan fingerprint density at radius 2 is 1.00 bits per heavy atom. The van der Waals surface area contributed by atoms with Crippen molar-refractivity contribution in [3.63, 3.8) is 0 Å². The molecular formula is C6H20N4O. The van der Waals surface area contributed by atoms with Gasteiger partial charge in [-0.2, -0.15) is 0 Å². The van der Waals surface area contributed by atoms with Gasteiger partial charge in [-0.25, -0.2) is 0 Å². The first kappa shape index (κ1) is 13.4. The highest BCUT2D eigenvalue weighted by molar-refractivity contribution is 4.58. The van der Waals surface area contributed by atoms with Gasteiger partial charge in [-0.15, -0.1) is 0 Å². The predicted octanol–water partition coefficient (Wildman–Crippen LogP) is -2.66. The number of nitrogens with two attached hydrogens (primary N) is 3. The molecule has 0 aromatic carbocycles. The van der Waals surface area contributed by atoms with Crippen LogP contribution in [0.3, 0.4) is 0 Å². The van der Waals surface area contributed by atoms with Crippen molar-refractivity contribution >= 4 is 0 Å². The molecule has 0 aromatic heterocycles. The minimum absolute atomic E-state index is 0. The topological polar surface area (TPSA) is 113 Å². The van der Waals surface area contributed by atoms with Gasteiger partial charge in [-0.05, 0) is 0 Å². The molecule has 0 aliphatic heterocycles. The Bertz CT molecular complexity index is 57.3.